The fourth-order valence-corrected chi connectivity index (χ4v) is 3.53. The molecule has 0 saturated carbocycles. The first-order chi connectivity index (χ1) is 14.4. The van der Waals surface area contributed by atoms with E-state index in [2.05, 4.69) is 11.4 Å². The average molecular weight is 397 g/mol. The van der Waals surface area contributed by atoms with Crippen LogP contribution in [0.25, 0.3) is 22.2 Å². The molecule has 6 heteroatoms. The number of amides is 1. The van der Waals surface area contributed by atoms with Crippen LogP contribution in [0.1, 0.15) is 21.5 Å². The van der Waals surface area contributed by atoms with E-state index in [1.165, 1.54) is 12.1 Å². The van der Waals surface area contributed by atoms with E-state index in [0.717, 1.165) is 16.7 Å². The van der Waals surface area contributed by atoms with Gasteiger partial charge in [0.1, 0.15) is 5.69 Å². The molecule has 6 nitrogen and oxygen atoms in total. The van der Waals surface area contributed by atoms with Gasteiger partial charge in [-0.1, -0.05) is 54.1 Å². The van der Waals surface area contributed by atoms with Gasteiger partial charge >= 0.3 is 0 Å². The van der Waals surface area contributed by atoms with Crippen LogP contribution >= 0.6 is 0 Å². The van der Waals surface area contributed by atoms with Gasteiger partial charge in [0.05, 0.1) is 21.7 Å². The third kappa shape index (κ3) is 3.63. The Kier molecular flexibility index (Phi) is 4.98. The third-order valence-electron chi connectivity index (χ3n) is 4.97. The largest absolute Gasteiger partial charge is 0.316 e. The molecule has 0 aliphatic carbocycles. The average Bonchev–Trinajstić information content (AvgIpc) is 2.73. The normalized spacial score (nSPS) is 10.7. The fraction of sp³-hybridized carbons (Fsp3) is 0.0833. The second-order valence-electron chi connectivity index (χ2n) is 7.12. The number of nitrogens with zero attached hydrogens (tertiary/aromatic N) is 2. The summed E-state index contributed by atoms with van der Waals surface area (Å²) in [6.07, 6.45) is 0. The monoisotopic (exact) mass is 397 g/mol. The Labute approximate surface area is 173 Å². The Morgan fingerprint density at radius 3 is 2.47 bits per heavy atom. The highest BCUT2D eigenvalue weighted by Crippen LogP contribution is 2.29. The molecule has 1 amide bonds. The molecule has 0 atom stereocenters. The van der Waals surface area contributed by atoms with Crippen molar-refractivity contribution in [2.24, 2.45) is 0 Å². The zero-order valence-corrected chi connectivity index (χ0v) is 16.5. The first-order valence-electron chi connectivity index (χ1n) is 9.46. The van der Waals surface area contributed by atoms with Gasteiger partial charge in [0.2, 0.25) is 0 Å². The zero-order valence-electron chi connectivity index (χ0n) is 16.5. The van der Waals surface area contributed by atoms with Crippen LogP contribution in [0, 0.1) is 24.0 Å². The van der Waals surface area contributed by atoms with Gasteiger partial charge in [-0.15, -0.1) is 0 Å². The van der Waals surface area contributed by atoms with Crippen molar-refractivity contribution in [2.45, 2.75) is 13.8 Å². The number of fused-ring (bicyclic) bond motifs is 1. The summed E-state index contributed by atoms with van der Waals surface area (Å²) in [7, 11) is 0. The Morgan fingerprint density at radius 2 is 1.70 bits per heavy atom. The van der Waals surface area contributed by atoms with Crippen molar-refractivity contribution in [1.82, 2.24) is 4.98 Å². The number of anilines is 1. The Bertz CT molecular complexity index is 1300. The van der Waals surface area contributed by atoms with Crippen LogP contribution in [0.5, 0.6) is 0 Å². The minimum absolute atomic E-state index is 0.154. The molecule has 30 heavy (non-hydrogen) atoms. The minimum atomic E-state index is -0.513. The molecule has 148 valence electrons. The van der Waals surface area contributed by atoms with Gasteiger partial charge in [0, 0.05) is 17.0 Å². The molecule has 0 aliphatic rings. The summed E-state index contributed by atoms with van der Waals surface area (Å²) >= 11 is 0. The number of pyridine rings is 1. The summed E-state index contributed by atoms with van der Waals surface area (Å²) < 4.78 is 0. The van der Waals surface area contributed by atoms with Gasteiger partial charge in [0.25, 0.3) is 11.6 Å². The van der Waals surface area contributed by atoms with E-state index in [-0.39, 0.29) is 11.4 Å². The van der Waals surface area contributed by atoms with Crippen molar-refractivity contribution in [3.63, 3.8) is 0 Å². The maximum atomic E-state index is 13.2. The van der Waals surface area contributed by atoms with E-state index < -0.39 is 10.8 Å². The van der Waals surface area contributed by atoms with E-state index in [9.17, 15) is 14.9 Å². The molecule has 1 N–H and O–H groups in total. The van der Waals surface area contributed by atoms with E-state index >= 15 is 0 Å². The van der Waals surface area contributed by atoms with E-state index in [0.29, 0.717) is 22.2 Å². The lowest BCUT2D eigenvalue weighted by Crippen LogP contribution is -2.14. The Balaban J connectivity index is 1.84. The Morgan fingerprint density at radius 1 is 0.967 bits per heavy atom. The predicted octanol–water partition coefficient (Wildman–Crippen LogP) is 5.68. The molecular formula is C24H19N3O3. The number of carbonyl (C=O) groups is 1. The van der Waals surface area contributed by atoms with Gasteiger partial charge in [-0.05, 0) is 37.6 Å². The minimum Gasteiger partial charge on any atom is -0.316 e. The van der Waals surface area contributed by atoms with Crippen molar-refractivity contribution >= 4 is 28.2 Å². The molecule has 0 aliphatic heterocycles. The molecule has 0 bridgehead atoms. The van der Waals surface area contributed by atoms with Gasteiger partial charge in [-0.3, -0.25) is 14.9 Å². The third-order valence-corrected chi connectivity index (χ3v) is 4.97. The summed E-state index contributed by atoms with van der Waals surface area (Å²) in [5.41, 5.74) is 4.91. The number of nitro benzene ring substituents is 1. The van der Waals surface area contributed by atoms with Crippen molar-refractivity contribution in [1.29, 1.82) is 0 Å². The molecule has 4 aromatic rings. The van der Waals surface area contributed by atoms with Crippen molar-refractivity contribution in [2.75, 3.05) is 5.32 Å². The lowest BCUT2D eigenvalue weighted by atomic mass is 9.99. The van der Waals surface area contributed by atoms with E-state index in [4.69, 9.17) is 4.98 Å². The highest BCUT2D eigenvalue weighted by atomic mass is 16.6. The molecule has 1 heterocycles. The SMILES string of the molecule is Cc1ccc(-c2cc(C(=O)Nc3ccccc3[N+](=O)[O-])c3ccccc3n2)c(C)c1. The van der Waals surface area contributed by atoms with Crippen LogP contribution in [0.4, 0.5) is 11.4 Å². The van der Waals surface area contributed by atoms with Crippen molar-refractivity contribution in [3.05, 3.63) is 99.6 Å². The molecule has 0 radical (unpaired) electrons. The summed E-state index contributed by atoms with van der Waals surface area (Å²) in [6.45, 7) is 4.03. The first-order valence-corrected chi connectivity index (χ1v) is 9.46. The number of rotatable bonds is 4. The molecule has 0 fully saturated rings. The number of para-hydroxylation sites is 3. The number of nitro groups is 1. The van der Waals surface area contributed by atoms with E-state index in [1.807, 2.05) is 50.2 Å². The maximum absolute atomic E-state index is 13.2. The van der Waals surface area contributed by atoms with Crippen LogP contribution in [0.15, 0.2) is 72.8 Å². The number of carbonyl (C=O) groups excluding carboxylic acids is 1. The number of hydrogen-bond donors (Lipinski definition) is 1. The number of aryl methyl sites for hydroxylation is 2. The van der Waals surface area contributed by atoms with Gasteiger partial charge in [0.15, 0.2) is 0 Å². The fourth-order valence-electron chi connectivity index (χ4n) is 3.53. The molecule has 0 saturated heterocycles. The topological polar surface area (TPSA) is 85.1 Å². The van der Waals surface area contributed by atoms with Crippen LogP contribution in [0.2, 0.25) is 0 Å². The van der Waals surface area contributed by atoms with E-state index in [1.54, 1.807) is 18.2 Å². The lowest BCUT2D eigenvalue weighted by molar-refractivity contribution is -0.383. The molecule has 0 spiro atoms. The quantitative estimate of drug-likeness (QED) is 0.355. The summed E-state index contributed by atoms with van der Waals surface area (Å²) in [5, 5.41) is 14.7. The number of benzene rings is 3. The standard InChI is InChI=1S/C24H19N3O3/c1-15-11-12-17(16(2)13-15)22-14-19(18-7-3-4-8-20(18)25-22)24(28)26-21-9-5-6-10-23(21)27(29)30/h3-14H,1-2H3,(H,26,28). The van der Waals surface area contributed by atoms with Gasteiger partial charge in [-0.2, -0.15) is 0 Å². The number of nitrogens with one attached hydrogen (secondary N) is 1. The predicted molar refractivity (Wildman–Crippen MR) is 118 cm³/mol. The lowest BCUT2D eigenvalue weighted by Gasteiger charge is -2.12. The summed E-state index contributed by atoms with van der Waals surface area (Å²) in [5.74, 6) is -0.422. The maximum Gasteiger partial charge on any atom is 0.292 e. The summed E-state index contributed by atoms with van der Waals surface area (Å²) in [4.78, 5) is 28.7. The molecule has 0 unspecified atom stereocenters. The van der Waals surface area contributed by atoms with Crippen LogP contribution in [0.3, 0.4) is 0 Å². The first kappa shape index (κ1) is 19.3. The second-order valence-corrected chi connectivity index (χ2v) is 7.12. The molecule has 4 rings (SSSR count). The van der Waals surface area contributed by atoms with Crippen LogP contribution < -0.4 is 5.32 Å². The highest BCUT2D eigenvalue weighted by molar-refractivity contribution is 6.13. The van der Waals surface area contributed by atoms with Gasteiger partial charge in [-0.25, -0.2) is 4.98 Å². The molecule has 1 aromatic heterocycles. The smallest absolute Gasteiger partial charge is 0.292 e. The zero-order chi connectivity index (χ0) is 21.3. The van der Waals surface area contributed by atoms with Crippen LogP contribution in [-0.4, -0.2) is 15.8 Å². The summed E-state index contributed by atoms with van der Waals surface area (Å²) in [6, 6.07) is 21.3. The second kappa shape index (κ2) is 7.75. The molecule has 3 aromatic carbocycles. The van der Waals surface area contributed by atoms with Crippen molar-refractivity contribution < 1.29 is 9.72 Å². The highest BCUT2D eigenvalue weighted by Gasteiger charge is 2.19. The van der Waals surface area contributed by atoms with Crippen LogP contribution in [-0.2, 0) is 0 Å². The molecular weight excluding hydrogens is 378 g/mol. The Hall–Kier alpha value is -4.06. The number of aromatic nitrogens is 1. The number of hydrogen-bond acceptors (Lipinski definition) is 4. The van der Waals surface area contributed by atoms with Gasteiger partial charge < -0.3 is 5.32 Å². The van der Waals surface area contributed by atoms with Crippen molar-refractivity contribution in [3.8, 4) is 11.3 Å².